The van der Waals surface area contributed by atoms with E-state index >= 15 is 0 Å². The zero-order valence-electron chi connectivity index (χ0n) is 15.0. The number of carbonyl (C=O) groups excluding carboxylic acids is 2. The number of amides is 2. The van der Waals surface area contributed by atoms with Crippen LogP contribution in [0.1, 0.15) is 12.2 Å². The first-order valence-corrected chi connectivity index (χ1v) is 9.50. The van der Waals surface area contributed by atoms with Crippen LogP contribution in [0.3, 0.4) is 0 Å². The van der Waals surface area contributed by atoms with E-state index in [1.807, 2.05) is 31.2 Å². The highest BCUT2D eigenvalue weighted by atomic mass is 79.9. The Balaban J connectivity index is 1.43. The second-order valence-electron chi connectivity index (χ2n) is 6.49. The highest BCUT2D eigenvalue weighted by Crippen LogP contribution is 2.28. The predicted octanol–water partition coefficient (Wildman–Crippen LogP) is 2.72. The SMILES string of the molecule is Cc1nccn1-c1ncc(NC(=O)C2CC(=O)N(c3cccc(Br)c3)C2)cn1. The van der Waals surface area contributed by atoms with Gasteiger partial charge in [-0.3, -0.25) is 14.2 Å². The molecule has 28 heavy (non-hydrogen) atoms. The maximum atomic E-state index is 12.6. The molecule has 0 radical (unpaired) electrons. The minimum atomic E-state index is -0.429. The Labute approximate surface area is 169 Å². The molecule has 1 aromatic carbocycles. The maximum Gasteiger partial charge on any atom is 0.235 e. The minimum absolute atomic E-state index is 0.0690. The van der Waals surface area contributed by atoms with Crippen LogP contribution < -0.4 is 10.2 Å². The van der Waals surface area contributed by atoms with Gasteiger partial charge >= 0.3 is 0 Å². The van der Waals surface area contributed by atoms with Crippen LogP contribution in [-0.4, -0.2) is 37.9 Å². The molecule has 8 nitrogen and oxygen atoms in total. The molecule has 1 atom stereocenters. The van der Waals surface area contributed by atoms with Crippen LogP contribution in [0.4, 0.5) is 11.4 Å². The molecule has 0 bridgehead atoms. The first-order chi connectivity index (χ1) is 13.5. The number of carbonyl (C=O) groups is 2. The molecule has 9 heteroatoms. The fourth-order valence-electron chi connectivity index (χ4n) is 3.12. The molecule has 0 spiro atoms. The number of hydrogen-bond acceptors (Lipinski definition) is 5. The summed E-state index contributed by atoms with van der Waals surface area (Å²) in [4.78, 5) is 39.3. The minimum Gasteiger partial charge on any atom is -0.323 e. The molecule has 1 fully saturated rings. The highest BCUT2D eigenvalue weighted by molar-refractivity contribution is 9.10. The van der Waals surface area contributed by atoms with Crippen molar-refractivity contribution in [2.75, 3.05) is 16.8 Å². The second kappa shape index (κ2) is 7.51. The standard InChI is InChI=1S/C19H17BrN6O2/c1-12-21-5-6-25(12)19-22-9-15(10-23-19)24-18(28)13-7-17(27)26(11-13)16-4-2-3-14(20)8-16/h2-6,8-10,13H,7,11H2,1H3,(H,24,28). The van der Waals surface area contributed by atoms with Gasteiger partial charge in [0.25, 0.3) is 0 Å². The maximum absolute atomic E-state index is 12.6. The van der Waals surface area contributed by atoms with Crippen molar-refractivity contribution in [3.63, 3.8) is 0 Å². The molecule has 3 aromatic rings. The van der Waals surface area contributed by atoms with E-state index in [4.69, 9.17) is 0 Å². The lowest BCUT2D eigenvalue weighted by Crippen LogP contribution is -2.28. The molecular formula is C19H17BrN6O2. The number of imidazole rings is 1. The molecule has 1 aliphatic rings. The molecule has 2 amide bonds. The van der Waals surface area contributed by atoms with E-state index in [-0.39, 0.29) is 18.2 Å². The lowest BCUT2D eigenvalue weighted by atomic mass is 10.1. The molecule has 1 N–H and O–H groups in total. The van der Waals surface area contributed by atoms with E-state index < -0.39 is 5.92 Å². The lowest BCUT2D eigenvalue weighted by Gasteiger charge is -2.17. The van der Waals surface area contributed by atoms with Crippen molar-refractivity contribution in [1.82, 2.24) is 19.5 Å². The van der Waals surface area contributed by atoms with E-state index in [1.165, 1.54) is 0 Å². The normalized spacial score (nSPS) is 16.4. The van der Waals surface area contributed by atoms with E-state index in [2.05, 4.69) is 36.2 Å². The van der Waals surface area contributed by atoms with Crippen LogP contribution in [0.2, 0.25) is 0 Å². The second-order valence-corrected chi connectivity index (χ2v) is 7.41. The first kappa shape index (κ1) is 18.3. The molecule has 0 aliphatic carbocycles. The number of anilines is 2. The summed E-state index contributed by atoms with van der Waals surface area (Å²) >= 11 is 3.41. The van der Waals surface area contributed by atoms with Gasteiger partial charge in [0.2, 0.25) is 17.8 Å². The van der Waals surface area contributed by atoms with E-state index in [1.54, 1.807) is 34.3 Å². The van der Waals surface area contributed by atoms with Crippen LogP contribution in [0, 0.1) is 12.8 Å². The Morgan fingerprint density at radius 1 is 1.25 bits per heavy atom. The summed E-state index contributed by atoms with van der Waals surface area (Å²) in [5.41, 5.74) is 1.26. The van der Waals surface area contributed by atoms with Gasteiger partial charge in [0, 0.05) is 35.5 Å². The summed E-state index contributed by atoms with van der Waals surface area (Å²) < 4.78 is 2.63. The van der Waals surface area contributed by atoms with E-state index in [0.717, 1.165) is 16.0 Å². The molecule has 142 valence electrons. The smallest absolute Gasteiger partial charge is 0.235 e. The zero-order valence-corrected chi connectivity index (χ0v) is 16.6. The number of aryl methyl sites for hydroxylation is 1. The summed E-state index contributed by atoms with van der Waals surface area (Å²) in [6, 6.07) is 7.47. The number of nitrogens with one attached hydrogen (secondary N) is 1. The van der Waals surface area contributed by atoms with Gasteiger partial charge in [0.1, 0.15) is 5.82 Å². The molecule has 3 heterocycles. The van der Waals surface area contributed by atoms with Gasteiger partial charge in [-0.2, -0.15) is 0 Å². The van der Waals surface area contributed by atoms with Crippen molar-refractivity contribution in [3.05, 3.63) is 59.3 Å². The fraction of sp³-hybridized carbons (Fsp3) is 0.211. The molecule has 1 aliphatic heterocycles. The van der Waals surface area contributed by atoms with Crippen molar-refractivity contribution < 1.29 is 9.59 Å². The van der Waals surface area contributed by atoms with E-state index in [0.29, 0.717) is 18.2 Å². The quantitative estimate of drug-likeness (QED) is 0.672. The average Bonchev–Trinajstić information content (AvgIpc) is 3.28. The van der Waals surface area contributed by atoms with Gasteiger partial charge in [-0.05, 0) is 25.1 Å². The monoisotopic (exact) mass is 440 g/mol. The van der Waals surface area contributed by atoms with Gasteiger partial charge in [0.15, 0.2) is 0 Å². The molecule has 4 rings (SSSR count). The highest BCUT2D eigenvalue weighted by Gasteiger charge is 2.35. The Hall–Kier alpha value is -3.07. The zero-order chi connectivity index (χ0) is 19.7. The molecule has 2 aromatic heterocycles. The molecule has 0 saturated carbocycles. The molecular weight excluding hydrogens is 424 g/mol. The van der Waals surface area contributed by atoms with Crippen molar-refractivity contribution in [2.45, 2.75) is 13.3 Å². The summed E-state index contributed by atoms with van der Waals surface area (Å²) in [5, 5.41) is 2.80. The van der Waals surface area contributed by atoms with Crippen molar-refractivity contribution in [1.29, 1.82) is 0 Å². The third-order valence-electron chi connectivity index (χ3n) is 4.56. The number of rotatable bonds is 4. The van der Waals surface area contributed by atoms with Gasteiger partial charge in [-0.25, -0.2) is 15.0 Å². The Morgan fingerprint density at radius 3 is 2.71 bits per heavy atom. The number of aromatic nitrogens is 4. The fourth-order valence-corrected chi connectivity index (χ4v) is 3.51. The summed E-state index contributed by atoms with van der Waals surface area (Å²) in [7, 11) is 0. The molecule has 1 saturated heterocycles. The van der Waals surface area contributed by atoms with Crippen molar-refractivity contribution in [3.8, 4) is 5.95 Å². The van der Waals surface area contributed by atoms with Gasteiger partial charge in [-0.1, -0.05) is 22.0 Å². The van der Waals surface area contributed by atoms with Gasteiger partial charge in [-0.15, -0.1) is 0 Å². The third kappa shape index (κ3) is 3.65. The van der Waals surface area contributed by atoms with Crippen molar-refractivity contribution >= 4 is 39.1 Å². The van der Waals surface area contributed by atoms with Gasteiger partial charge in [0.05, 0.1) is 24.0 Å². The Kier molecular flexibility index (Phi) is 4.91. The van der Waals surface area contributed by atoms with E-state index in [9.17, 15) is 9.59 Å². The Bertz CT molecular complexity index is 1030. The number of nitrogens with zero attached hydrogens (tertiary/aromatic N) is 5. The van der Waals surface area contributed by atoms with Crippen LogP contribution in [0.5, 0.6) is 0 Å². The number of halogens is 1. The number of benzene rings is 1. The number of hydrogen-bond donors (Lipinski definition) is 1. The predicted molar refractivity (Wildman–Crippen MR) is 107 cm³/mol. The van der Waals surface area contributed by atoms with Crippen LogP contribution >= 0.6 is 15.9 Å². The summed E-state index contributed by atoms with van der Waals surface area (Å²) in [6.07, 6.45) is 6.70. The molecule has 1 unspecified atom stereocenters. The van der Waals surface area contributed by atoms with Crippen molar-refractivity contribution in [2.24, 2.45) is 5.92 Å². The van der Waals surface area contributed by atoms with Crippen LogP contribution in [-0.2, 0) is 9.59 Å². The summed E-state index contributed by atoms with van der Waals surface area (Å²) in [5.74, 6) is 0.530. The average molecular weight is 441 g/mol. The first-order valence-electron chi connectivity index (χ1n) is 8.70. The topological polar surface area (TPSA) is 93.0 Å². The largest absolute Gasteiger partial charge is 0.323 e. The van der Waals surface area contributed by atoms with Crippen LogP contribution in [0.15, 0.2) is 53.5 Å². The Morgan fingerprint density at radius 2 is 2.04 bits per heavy atom. The van der Waals surface area contributed by atoms with Gasteiger partial charge < -0.3 is 10.2 Å². The lowest BCUT2D eigenvalue weighted by molar-refractivity contribution is -0.122. The summed E-state index contributed by atoms with van der Waals surface area (Å²) in [6.45, 7) is 2.20. The third-order valence-corrected chi connectivity index (χ3v) is 5.06. The van der Waals surface area contributed by atoms with Crippen LogP contribution in [0.25, 0.3) is 5.95 Å².